The van der Waals surface area contributed by atoms with Crippen molar-refractivity contribution in [2.45, 2.75) is 45.1 Å². The Bertz CT molecular complexity index is 408. The van der Waals surface area contributed by atoms with Gasteiger partial charge in [0.25, 0.3) is 0 Å². The van der Waals surface area contributed by atoms with Crippen molar-refractivity contribution in [2.75, 3.05) is 26.2 Å². The number of piperazine rings is 1. The van der Waals surface area contributed by atoms with E-state index in [0.717, 1.165) is 32.5 Å². The second-order valence-electron chi connectivity index (χ2n) is 6.64. The molecule has 2 heterocycles. The monoisotopic (exact) mass is 261 g/mol. The minimum atomic E-state index is -0.684. The maximum atomic E-state index is 12.6. The average Bonchev–Trinajstić information content (AvgIpc) is 2.42. The summed E-state index contributed by atoms with van der Waals surface area (Å²) in [5.41, 5.74) is -0.684. The van der Waals surface area contributed by atoms with Crippen molar-refractivity contribution in [3.05, 3.63) is 0 Å². The first-order chi connectivity index (χ1) is 9.14. The number of nitriles is 1. The number of hydrogen-bond donors (Lipinski definition) is 0. The Labute approximate surface area is 115 Å². The third-order valence-electron chi connectivity index (χ3n) is 5.14. The van der Waals surface area contributed by atoms with Crippen molar-refractivity contribution in [2.24, 2.45) is 11.3 Å². The molecular weight excluding hydrogens is 238 g/mol. The molecule has 0 bridgehead atoms. The van der Waals surface area contributed by atoms with Crippen LogP contribution in [0.1, 0.15) is 39.0 Å². The summed E-state index contributed by atoms with van der Waals surface area (Å²) in [6, 6.07) is 2.85. The van der Waals surface area contributed by atoms with E-state index in [-0.39, 0.29) is 5.91 Å². The molecule has 3 rings (SSSR count). The van der Waals surface area contributed by atoms with Crippen molar-refractivity contribution in [3.63, 3.8) is 0 Å². The van der Waals surface area contributed by atoms with Gasteiger partial charge in [0.15, 0.2) is 0 Å². The number of carbonyl (C=O) groups excluding carboxylic acids is 1. The molecule has 1 atom stereocenters. The molecule has 1 saturated carbocycles. The Hall–Kier alpha value is -1.08. The van der Waals surface area contributed by atoms with Gasteiger partial charge in [-0.3, -0.25) is 9.69 Å². The molecule has 1 unspecified atom stereocenters. The van der Waals surface area contributed by atoms with E-state index < -0.39 is 5.41 Å². The molecule has 4 nitrogen and oxygen atoms in total. The largest absolute Gasteiger partial charge is 0.338 e. The Morgan fingerprint density at radius 1 is 1.26 bits per heavy atom. The summed E-state index contributed by atoms with van der Waals surface area (Å²) in [7, 11) is 0. The molecule has 3 fully saturated rings. The number of rotatable bonds is 1. The lowest BCUT2D eigenvalue weighted by molar-refractivity contribution is -0.148. The first-order valence-corrected chi connectivity index (χ1v) is 7.59. The lowest BCUT2D eigenvalue weighted by Crippen LogP contribution is -2.60. The van der Waals surface area contributed by atoms with E-state index in [1.807, 2.05) is 4.90 Å². The summed E-state index contributed by atoms with van der Waals surface area (Å²) in [5.74, 6) is 0.637. The second-order valence-corrected chi connectivity index (χ2v) is 6.64. The van der Waals surface area contributed by atoms with Crippen LogP contribution in [-0.2, 0) is 4.79 Å². The van der Waals surface area contributed by atoms with E-state index in [1.165, 1.54) is 25.8 Å². The highest BCUT2D eigenvalue weighted by atomic mass is 16.2. The van der Waals surface area contributed by atoms with Gasteiger partial charge in [0.1, 0.15) is 5.41 Å². The number of amides is 1. The molecule has 2 aliphatic heterocycles. The zero-order valence-corrected chi connectivity index (χ0v) is 11.8. The van der Waals surface area contributed by atoms with E-state index in [9.17, 15) is 10.1 Å². The summed E-state index contributed by atoms with van der Waals surface area (Å²) < 4.78 is 0. The van der Waals surface area contributed by atoms with Crippen LogP contribution in [0.25, 0.3) is 0 Å². The van der Waals surface area contributed by atoms with Gasteiger partial charge in [0, 0.05) is 25.7 Å². The zero-order chi connectivity index (χ0) is 13.5. The Kier molecular flexibility index (Phi) is 3.26. The fraction of sp³-hybridized carbons (Fsp3) is 0.867. The van der Waals surface area contributed by atoms with Crippen molar-refractivity contribution in [3.8, 4) is 6.07 Å². The summed E-state index contributed by atoms with van der Waals surface area (Å²) in [5, 5.41) is 9.38. The van der Waals surface area contributed by atoms with Crippen LogP contribution in [0.15, 0.2) is 0 Å². The van der Waals surface area contributed by atoms with Crippen LogP contribution in [0.3, 0.4) is 0 Å². The van der Waals surface area contributed by atoms with Gasteiger partial charge < -0.3 is 4.90 Å². The first-order valence-electron chi connectivity index (χ1n) is 7.59. The molecule has 1 amide bonds. The summed E-state index contributed by atoms with van der Waals surface area (Å²) in [6.45, 7) is 5.96. The zero-order valence-electron chi connectivity index (χ0n) is 11.8. The Morgan fingerprint density at radius 3 is 2.74 bits per heavy atom. The van der Waals surface area contributed by atoms with Crippen LogP contribution >= 0.6 is 0 Å². The Morgan fingerprint density at radius 2 is 2.05 bits per heavy atom. The van der Waals surface area contributed by atoms with Gasteiger partial charge in [0.2, 0.25) is 5.91 Å². The molecule has 2 saturated heterocycles. The minimum absolute atomic E-state index is 0.110. The van der Waals surface area contributed by atoms with Crippen LogP contribution < -0.4 is 0 Å². The maximum absolute atomic E-state index is 12.6. The highest BCUT2D eigenvalue weighted by Gasteiger charge is 2.51. The fourth-order valence-corrected chi connectivity index (χ4v) is 4.09. The van der Waals surface area contributed by atoms with Crippen molar-refractivity contribution in [1.29, 1.82) is 5.26 Å². The third-order valence-corrected chi connectivity index (χ3v) is 5.14. The molecule has 4 heteroatoms. The Balaban J connectivity index is 1.66. The number of carbonyl (C=O) groups is 1. The molecule has 1 aliphatic carbocycles. The molecule has 19 heavy (non-hydrogen) atoms. The molecule has 0 N–H and O–H groups in total. The number of fused-ring (bicyclic) bond motifs is 1. The predicted molar refractivity (Wildman–Crippen MR) is 72.2 cm³/mol. The van der Waals surface area contributed by atoms with Gasteiger partial charge in [-0.2, -0.15) is 5.26 Å². The van der Waals surface area contributed by atoms with E-state index in [1.54, 1.807) is 0 Å². The molecule has 0 aromatic carbocycles. The normalized spacial score (nSPS) is 39.1. The smallest absolute Gasteiger partial charge is 0.243 e. The van der Waals surface area contributed by atoms with Gasteiger partial charge in [0.05, 0.1) is 6.07 Å². The van der Waals surface area contributed by atoms with Crippen molar-refractivity contribution < 1.29 is 4.79 Å². The minimum Gasteiger partial charge on any atom is -0.338 e. The third kappa shape index (κ3) is 2.14. The van der Waals surface area contributed by atoms with Gasteiger partial charge >= 0.3 is 0 Å². The highest BCUT2D eigenvalue weighted by molar-refractivity contribution is 5.86. The molecule has 0 radical (unpaired) electrons. The summed E-state index contributed by atoms with van der Waals surface area (Å²) in [6.07, 6.45) is 5.30. The molecule has 0 aromatic heterocycles. The van der Waals surface area contributed by atoms with Crippen LogP contribution in [0.5, 0.6) is 0 Å². The fourth-order valence-electron chi connectivity index (χ4n) is 4.09. The van der Waals surface area contributed by atoms with E-state index in [2.05, 4.69) is 17.9 Å². The quantitative estimate of drug-likeness (QED) is 0.720. The number of nitrogens with zero attached hydrogens (tertiary/aromatic N) is 3. The van der Waals surface area contributed by atoms with Crippen LogP contribution in [0, 0.1) is 22.7 Å². The summed E-state index contributed by atoms with van der Waals surface area (Å²) >= 11 is 0. The first kappa shape index (κ1) is 12.9. The van der Waals surface area contributed by atoms with Gasteiger partial charge in [-0.25, -0.2) is 0 Å². The van der Waals surface area contributed by atoms with Crippen LogP contribution in [0.4, 0.5) is 0 Å². The molecular formula is C15H23N3O. The standard InChI is InChI=1S/C15H23N3O/c1-12-8-15(9-12,11-16)14(19)18-7-6-17-5-3-2-4-13(17)10-18/h12-13H,2-10H2,1H3. The van der Waals surface area contributed by atoms with E-state index in [4.69, 9.17) is 0 Å². The van der Waals surface area contributed by atoms with Gasteiger partial charge in [-0.1, -0.05) is 13.3 Å². The topological polar surface area (TPSA) is 47.3 Å². The second kappa shape index (κ2) is 4.79. The number of hydrogen-bond acceptors (Lipinski definition) is 3. The lowest BCUT2D eigenvalue weighted by atomic mass is 9.62. The predicted octanol–water partition coefficient (Wildman–Crippen LogP) is 1.62. The van der Waals surface area contributed by atoms with E-state index in [0.29, 0.717) is 12.0 Å². The maximum Gasteiger partial charge on any atom is 0.243 e. The molecule has 3 aliphatic rings. The molecule has 0 aromatic rings. The molecule has 0 spiro atoms. The average molecular weight is 261 g/mol. The van der Waals surface area contributed by atoms with Gasteiger partial charge in [-0.05, 0) is 38.1 Å². The summed E-state index contributed by atoms with van der Waals surface area (Å²) in [4.78, 5) is 17.1. The van der Waals surface area contributed by atoms with Crippen molar-refractivity contribution in [1.82, 2.24) is 9.80 Å². The van der Waals surface area contributed by atoms with Crippen molar-refractivity contribution >= 4 is 5.91 Å². The lowest BCUT2D eigenvalue weighted by Gasteiger charge is -2.48. The van der Waals surface area contributed by atoms with E-state index >= 15 is 0 Å². The molecule has 104 valence electrons. The van der Waals surface area contributed by atoms with Gasteiger partial charge in [-0.15, -0.1) is 0 Å². The number of piperidine rings is 1. The SMILES string of the molecule is CC1CC(C#N)(C(=O)N2CCN3CCCCC3C2)C1. The van der Waals surface area contributed by atoms with Crippen LogP contribution in [-0.4, -0.2) is 47.9 Å². The van der Waals surface area contributed by atoms with Crippen LogP contribution in [0.2, 0.25) is 0 Å². The highest BCUT2D eigenvalue weighted by Crippen LogP contribution is 2.46.